The zero-order valence-corrected chi connectivity index (χ0v) is 26.8. The molecule has 1 aliphatic rings. The highest BCUT2D eigenvalue weighted by atomic mass is 32.2. The van der Waals surface area contributed by atoms with Gasteiger partial charge in [-0.15, -0.1) is 0 Å². The minimum Gasteiger partial charge on any atom is -0.336 e. The number of benzene rings is 3. The summed E-state index contributed by atoms with van der Waals surface area (Å²) >= 11 is -0.324. The van der Waals surface area contributed by atoms with Crippen LogP contribution in [0.4, 0.5) is 17.6 Å². The highest BCUT2D eigenvalue weighted by Gasteiger charge is 2.30. The number of amides is 1. The molecule has 0 aliphatic heterocycles. The summed E-state index contributed by atoms with van der Waals surface area (Å²) in [4.78, 5) is 34.5. The van der Waals surface area contributed by atoms with Crippen molar-refractivity contribution in [3.8, 4) is 11.1 Å². The Kier molecular flexibility index (Phi) is 6.63. The van der Waals surface area contributed by atoms with Crippen molar-refractivity contribution >= 4 is 17.7 Å². The third-order valence-corrected chi connectivity index (χ3v) is 7.96. The van der Waals surface area contributed by atoms with Crippen LogP contribution in [0, 0.1) is 11.7 Å². The van der Waals surface area contributed by atoms with Crippen LogP contribution >= 0.6 is 11.8 Å². The molecule has 4 aromatic rings. The number of carbonyl (C=O) groups excluding carboxylic acids is 1. The lowest BCUT2D eigenvalue weighted by Crippen LogP contribution is -2.40. The second-order valence-electron chi connectivity index (χ2n) is 10.4. The maximum absolute atomic E-state index is 15.0. The van der Waals surface area contributed by atoms with Gasteiger partial charge in [-0.1, -0.05) is 81.0 Å². The number of carbonyl (C=O) groups is 1. The molecule has 0 bridgehead atoms. The minimum atomic E-state index is -4.60. The van der Waals surface area contributed by atoms with Gasteiger partial charge in [-0.25, -0.2) is 4.39 Å². The largest absolute Gasteiger partial charge is 0.416 e. The average molecular weight is 696 g/mol. The van der Waals surface area contributed by atoms with Gasteiger partial charge in [0.2, 0.25) is 5.91 Å². The van der Waals surface area contributed by atoms with Crippen molar-refractivity contribution in [2.45, 2.75) is 63.5 Å². The van der Waals surface area contributed by atoms with Crippen LogP contribution < -0.4 is 5.56 Å². The molecule has 0 radical (unpaired) electrons. The molecular weight excluding hydrogens is 640 g/mol. The van der Waals surface area contributed by atoms with Crippen LogP contribution in [0.3, 0.4) is 0 Å². The number of alkyl halides is 3. The Bertz CT molecular complexity index is 2450. The second kappa shape index (κ2) is 15.5. The van der Waals surface area contributed by atoms with E-state index in [1.54, 1.807) is 18.7 Å². The molecule has 1 unspecified atom stereocenters. The van der Waals surface area contributed by atoms with Gasteiger partial charge in [0.25, 0.3) is 5.56 Å². The van der Waals surface area contributed by atoms with Crippen LogP contribution in [0.15, 0.2) is 82.7 Å². The predicted molar refractivity (Wildman–Crippen MR) is 181 cm³/mol. The van der Waals surface area contributed by atoms with Crippen molar-refractivity contribution in [3.63, 3.8) is 0 Å². The van der Waals surface area contributed by atoms with Crippen molar-refractivity contribution in [2.75, 3.05) is 26.2 Å². The maximum Gasteiger partial charge on any atom is 0.416 e. The molecule has 1 amide bonds. The number of halogens is 4. The second-order valence-corrected chi connectivity index (χ2v) is 11.2. The van der Waals surface area contributed by atoms with E-state index in [0.717, 1.165) is 19.1 Å². The number of hydrogen-bond donors (Lipinski definition) is 0. The van der Waals surface area contributed by atoms with Crippen molar-refractivity contribution in [2.24, 2.45) is 5.89 Å². The Morgan fingerprint density at radius 2 is 1.65 bits per heavy atom. The van der Waals surface area contributed by atoms with Gasteiger partial charge in [-0.2, -0.15) is 18.2 Å². The molecule has 1 aliphatic carbocycles. The molecule has 254 valence electrons. The summed E-state index contributed by atoms with van der Waals surface area (Å²) in [6.07, 6.45) is -11.3. The number of thioether (sulfide) groups is 1. The van der Waals surface area contributed by atoms with E-state index in [4.69, 9.17) is 15.1 Å². The molecule has 0 saturated carbocycles. The Morgan fingerprint density at radius 1 is 1.02 bits per heavy atom. The number of fused-ring (bicyclic) bond motifs is 1. The first-order valence-corrected chi connectivity index (χ1v) is 15.5. The van der Waals surface area contributed by atoms with E-state index in [0.29, 0.717) is 29.1 Å². The molecule has 6 nitrogen and oxygen atoms in total. The number of nitrogens with zero attached hydrogens (tertiary/aromatic N) is 4. The number of hydrogen-bond acceptors (Lipinski definition) is 5. The monoisotopic (exact) mass is 695 g/mol. The van der Waals surface area contributed by atoms with Crippen molar-refractivity contribution in [1.29, 1.82) is 0 Å². The molecule has 11 heteroatoms. The fraction of sp³-hybridized carbons (Fsp3) is 0.378. The average Bonchev–Trinajstić information content (AvgIpc) is 3.30. The quantitative estimate of drug-likeness (QED) is 0.0826. The first kappa shape index (κ1) is 20.5. The predicted octanol–water partition coefficient (Wildman–Crippen LogP) is 7.47. The third-order valence-electron chi connectivity index (χ3n) is 7.20. The molecule has 3 aromatic carbocycles. The summed E-state index contributed by atoms with van der Waals surface area (Å²) in [6.45, 7) is -2.50. The van der Waals surface area contributed by atoms with Gasteiger partial charge < -0.3 is 14.4 Å². The molecule has 1 atom stereocenters. The van der Waals surface area contributed by atoms with E-state index in [1.807, 2.05) is 0 Å². The first-order chi connectivity index (χ1) is 28.7. The van der Waals surface area contributed by atoms with Gasteiger partial charge in [0.05, 0.1) is 16.5 Å². The standard InChI is InChI=1S/C37H40F4N4O2S/c1-4-43(5-2)18-19-44(22-26-6-10-28(11-7-26)29-12-14-30(15-13-29)37(39,40)41)34(46)23-45-33-21-25(3)20-32(33)35(47)42-36(45)48-24-27-8-16-31(38)17-9-27/h6-17,25H,4-5,18-24H2,1-3H3/i8D,9D,16D,17D,20D2,21D2,22D2,23D2,24D2,25D. The van der Waals surface area contributed by atoms with Crippen LogP contribution in [-0.2, 0) is 42.4 Å². The Hall–Kier alpha value is -3.96. The fourth-order valence-electron chi connectivity index (χ4n) is 4.64. The normalized spacial score (nSPS) is 23.5. The van der Waals surface area contributed by atoms with E-state index >= 15 is 0 Å². The van der Waals surface area contributed by atoms with E-state index in [1.165, 1.54) is 36.4 Å². The number of rotatable bonds is 13. The summed E-state index contributed by atoms with van der Waals surface area (Å²) in [5, 5.41) is -1.23. The SMILES string of the molecule is [2H]c1c([2H])c(C([2H])([2H])Sc2nc(=O)c3c(n2C([2H])([2H])C(=O)N(CCN(CC)CC)C([2H])([2H])c2ccc(-c4ccc(C(F)(F)F)cc4)cc2)C([2H])([2H])C([2H])(C)C3([2H])[2H])c([2H])c([2H])c1F. The van der Waals surface area contributed by atoms with E-state index in [2.05, 4.69) is 4.98 Å². The van der Waals surface area contributed by atoms with Crippen molar-refractivity contribution in [3.05, 3.63) is 117 Å². The van der Waals surface area contributed by atoms with Gasteiger partial charge in [0.1, 0.15) is 12.3 Å². The van der Waals surface area contributed by atoms with Gasteiger partial charge in [-0.05, 0) is 78.2 Å². The van der Waals surface area contributed by atoms with Gasteiger partial charge >= 0.3 is 6.18 Å². The minimum absolute atomic E-state index is 0.0420. The Balaban J connectivity index is 1.74. The summed E-state index contributed by atoms with van der Waals surface area (Å²) < 4.78 is 186. The van der Waals surface area contributed by atoms with E-state index in [-0.39, 0.29) is 28.4 Å². The van der Waals surface area contributed by atoms with Gasteiger partial charge in [0, 0.05) is 46.1 Å². The van der Waals surface area contributed by atoms with E-state index < -0.39 is 119 Å². The molecule has 1 heterocycles. The smallest absolute Gasteiger partial charge is 0.336 e. The topological polar surface area (TPSA) is 58.4 Å². The summed E-state index contributed by atoms with van der Waals surface area (Å²) in [5.41, 5.74) is -9.09. The molecule has 5 rings (SSSR count). The molecule has 0 N–H and O–H groups in total. The maximum atomic E-state index is 15.0. The summed E-state index contributed by atoms with van der Waals surface area (Å²) in [7, 11) is 0. The third kappa shape index (κ3) is 8.73. The molecular formula is C37H40F4N4O2S. The first-order valence-electron chi connectivity index (χ1n) is 22.2. The fourth-order valence-corrected chi connectivity index (χ4v) is 5.29. The highest BCUT2D eigenvalue weighted by Crippen LogP contribution is 2.32. The van der Waals surface area contributed by atoms with Gasteiger partial charge in [-0.3, -0.25) is 9.59 Å². The van der Waals surface area contributed by atoms with Crippen LogP contribution in [-0.4, -0.2) is 51.4 Å². The lowest BCUT2D eigenvalue weighted by Gasteiger charge is -2.28. The molecule has 0 saturated heterocycles. The molecule has 0 fully saturated rings. The van der Waals surface area contributed by atoms with Crippen LogP contribution in [0.5, 0.6) is 0 Å². The lowest BCUT2D eigenvalue weighted by atomic mass is 10.0. The Morgan fingerprint density at radius 3 is 2.25 bits per heavy atom. The lowest BCUT2D eigenvalue weighted by molar-refractivity contribution is -0.137. The number of likely N-dealkylation sites (N-methyl/N-ethyl adjacent to an activating group) is 1. The van der Waals surface area contributed by atoms with Crippen LogP contribution in [0.1, 0.15) is 69.3 Å². The summed E-state index contributed by atoms with van der Waals surface area (Å²) in [5.74, 6) is -6.40. The van der Waals surface area contributed by atoms with Crippen molar-refractivity contribution in [1.82, 2.24) is 19.4 Å². The molecule has 0 spiro atoms. The molecule has 1 aromatic heterocycles. The highest BCUT2D eigenvalue weighted by molar-refractivity contribution is 7.98. The van der Waals surface area contributed by atoms with E-state index in [9.17, 15) is 32.6 Å². The number of aromatic nitrogens is 2. The molecule has 48 heavy (non-hydrogen) atoms. The van der Waals surface area contributed by atoms with Crippen LogP contribution in [0.2, 0.25) is 0 Å². The zero-order valence-electron chi connectivity index (χ0n) is 41.0. The zero-order chi connectivity index (χ0) is 47.8. The van der Waals surface area contributed by atoms with Gasteiger partial charge in [0.15, 0.2) is 5.16 Å². The van der Waals surface area contributed by atoms with Crippen LogP contribution in [0.25, 0.3) is 11.1 Å². The Labute approximate surface area is 303 Å². The van der Waals surface area contributed by atoms with Crippen molar-refractivity contribution < 1.29 is 42.9 Å². The summed E-state index contributed by atoms with van der Waals surface area (Å²) in [6, 6.07) is 4.14.